The molecule has 5 heterocycles. The molecule has 54 heavy (non-hydrogen) atoms. The Morgan fingerprint density at radius 1 is 0.296 bits per heavy atom. The highest BCUT2D eigenvalue weighted by Gasteiger charge is 2.25. The molecular weight excluding hydrogens is 659 g/mol. The van der Waals surface area contributed by atoms with Gasteiger partial charge in [0.2, 0.25) is 17.1 Å². The molecule has 0 N–H and O–H groups in total. The third-order valence-corrected chi connectivity index (χ3v) is 9.58. The molecule has 0 unspecified atom stereocenters. The lowest BCUT2D eigenvalue weighted by atomic mass is 9.96. The molecule has 5 aromatic heterocycles. The van der Waals surface area contributed by atoms with E-state index in [0.717, 1.165) is 84.4 Å². The zero-order valence-electron chi connectivity index (χ0n) is 29.4. The maximum Gasteiger partial charge on any atom is 0.219 e. The van der Waals surface area contributed by atoms with Crippen molar-refractivity contribution in [2.45, 2.75) is 0 Å². The SMILES string of the molecule is c1ccc(-c2cc(-c3ccc(-c4ccc(-c5cc(-c6ccccn6)nc(-c6ccccn6)c5)cc4)cc3)cc(-c3ccccc3)[n+]2-c2ccncc2)cc1. The Hall–Kier alpha value is -7.37. The highest BCUT2D eigenvalue weighted by Crippen LogP contribution is 2.34. The number of rotatable bonds is 8. The summed E-state index contributed by atoms with van der Waals surface area (Å²) < 4.78 is 2.33. The number of pyridine rings is 5. The third-order valence-electron chi connectivity index (χ3n) is 9.58. The van der Waals surface area contributed by atoms with Crippen molar-refractivity contribution in [3.05, 3.63) is 207 Å². The summed E-state index contributed by atoms with van der Waals surface area (Å²) in [6, 6.07) is 63.4. The summed E-state index contributed by atoms with van der Waals surface area (Å²) in [7, 11) is 0. The number of aromatic nitrogens is 5. The van der Waals surface area contributed by atoms with Gasteiger partial charge in [-0.05, 0) is 94.0 Å². The van der Waals surface area contributed by atoms with Crippen molar-refractivity contribution in [3.8, 4) is 84.4 Å². The van der Waals surface area contributed by atoms with Crippen LogP contribution in [0.15, 0.2) is 207 Å². The van der Waals surface area contributed by atoms with Gasteiger partial charge in [0.15, 0.2) is 0 Å². The minimum Gasteiger partial charge on any atom is -0.264 e. The number of nitrogens with zero attached hydrogens (tertiary/aromatic N) is 5. The van der Waals surface area contributed by atoms with E-state index in [4.69, 9.17) is 4.98 Å². The smallest absolute Gasteiger partial charge is 0.219 e. The minimum atomic E-state index is 0.812. The summed E-state index contributed by atoms with van der Waals surface area (Å²) in [5.74, 6) is 0. The summed E-state index contributed by atoms with van der Waals surface area (Å²) in [6.45, 7) is 0. The fourth-order valence-electron chi connectivity index (χ4n) is 6.87. The first-order valence-corrected chi connectivity index (χ1v) is 17.9. The summed E-state index contributed by atoms with van der Waals surface area (Å²) in [4.78, 5) is 18.4. The van der Waals surface area contributed by atoms with Gasteiger partial charge in [-0.2, -0.15) is 4.57 Å². The Morgan fingerprint density at radius 2 is 0.704 bits per heavy atom. The molecule has 0 amide bonds. The van der Waals surface area contributed by atoms with E-state index in [-0.39, 0.29) is 0 Å². The Morgan fingerprint density at radius 3 is 1.13 bits per heavy atom. The van der Waals surface area contributed by atoms with E-state index in [1.54, 1.807) is 12.4 Å². The molecule has 254 valence electrons. The van der Waals surface area contributed by atoms with Crippen LogP contribution in [0, 0.1) is 0 Å². The summed E-state index contributed by atoms with van der Waals surface area (Å²) in [5, 5.41) is 0. The second-order valence-electron chi connectivity index (χ2n) is 13.0. The lowest BCUT2D eigenvalue weighted by molar-refractivity contribution is -0.572. The van der Waals surface area contributed by atoms with Crippen molar-refractivity contribution >= 4 is 0 Å². The summed E-state index contributed by atoms with van der Waals surface area (Å²) in [5.41, 5.74) is 15.6. The van der Waals surface area contributed by atoms with E-state index in [1.807, 2.05) is 48.8 Å². The fraction of sp³-hybridized carbons (Fsp3) is 0. The molecule has 0 fully saturated rings. The molecule has 0 aliphatic rings. The van der Waals surface area contributed by atoms with E-state index in [1.165, 1.54) is 0 Å². The molecular formula is C49H34N5+. The lowest BCUT2D eigenvalue weighted by Crippen LogP contribution is -2.36. The van der Waals surface area contributed by atoms with Crippen LogP contribution in [0.3, 0.4) is 0 Å². The van der Waals surface area contributed by atoms with Crippen LogP contribution in [0.5, 0.6) is 0 Å². The van der Waals surface area contributed by atoms with Gasteiger partial charge in [0.05, 0.1) is 22.8 Å². The van der Waals surface area contributed by atoms with Crippen LogP contribution >= 0.6 is 0 Å². The molecule has 9 aromatic rings. The molecule has 0 atom stereocenters. The monoisotopic (exact) mass is 692 g/mol. The Bertz CT molecular complexity index is 2530. The molecule has 0 aliphatic carbocycles. The van der Waals surface area contributed by atoms with Crippen LogP contribution in [0.25, 0.3) is 84.4 Å². The van der Waals surface area contributed by atoms with Crippen LogP contribution in [-0.4, -0.2) is 19.9 Å². The molecule has 5 heteroatoms. The zero-order chi connectivity index (χ0) is 36.1. The highest BCUT2D eigenvalue weighted by atomic mass is 15.0. The Balaban J connectivity index is 1.08. The second kappa shape index (κ2) is 14.7. The molecule has 4 aromatic carbocycles. The van der Waals surface area contributed by atoms with E-state index >= 15 is 0 Å². The Kier molecular flexibility index (Phi) is 8.86. The van der Waals surface area contributed by atoms with Crippen molar-refractivity contribution in [2.75, 3.05) is 0 Å². The molecule has 9 rings (SSSR count). The molecule has 0 aliphatic heterocycles. The lowest BCUT2D eigenvalue weighted by Gasteiger charge is -2.13. The summed E-state index contributed by atoms with van der Waals surface area (Å²) >= 11 is 0. The van der Waals surface area contributed by atoms with Gasteiger partial charge in [-0.15, -0.1) is 0 Å². The maximum absolute atomic E-state index is 4.93. The van der Waals surface area contributed by atoms with Gasteiger partial charge >= 0.3 is 0 Å². The van der Waals surface area contributed by atoms with Gasteiger partial charge < -0.3 is 0 Å². The number of hydrogen-bond donors (Lipinski definition) is 0. The van der Waals surface area contributed by atoms with Crippen LogP contribution in [-0.2, 0) is 0 Å². The van der Waals surface area contributed by atoms with Gasteiger partial charge in [0, 0.05) is 60.2 Å². The minimum absolute atomic E-state index is 0.812. The maximum atomic E-state index is 4.93. The second-order valence-corrected chi connectivity index (χ2v) is 13.0. The molecule has 0 saturated carbocycles. The molecule has 5 nitrogen and oxygen atoms in total. The van der Waals surface area contributed by atoms with Gasteiger partial charge in [-0.3, -0.25) is 15.0 Å². The van der Waals surface area contributed by atoms with Crippen LogP contribution in [0.2, 0.25) is 0 Å². The van der Waals surface area contributed by atoms with Crippen molar-refractivity contribution in [2.24, 2.45) is 0 Å². The van der Waals surface area contributed by atoms with E-state index in [9.17, 15) is 0 Å². The average Bonchev–Trinajstić information content (AvgIpc) is 3.27. The average molecular weight is 693 g/mol. The first-order chi connectivity index (χ1) is 26.8. The van der Waals surface area contributed by atoms with Gasteiger partial charge in [0.25, 0.3) is 0 Å². The molecule has 0 spiro atoms. The van der Waals surface area contributed by atoms with Gasteiger partial charge in [-0.1, -0.05) is 97.1 Å². The largest absolute Gasteiger partial charge is 0.264 e. The normalized spacial score (nSPS) is 11.0. The number of hydrogen-bond acceptors (Lipinski definition) is 4. The van der Waals surface area contributed by atoms with E-state index in [0.29, 0.717) is 0 Å². The van der Waals surface area contributed by atoms with Gasteiger partial charge in [-0.25, -0.2) is 4.98 Å². The standard InChI is InChI=1S/C49H34N5/c1-3-11-39(12-4-1)48-33-42(34-49(40-13-5-2-6-14-40)54(48)43-25-29-50-30-26-43)38-23-19-36(20-24-38)35-17-21-37(22-18-35)41-31-46(44-15-7-9-27-51-44)53-47(32-41)45-16-8-10-28-52-45/h1-34H/q+1. The Labute approximate surface area is 314 Å². The quantitative estimate of drug-likeness (QED) is 0.149. The zero-order valence-corrected chi connectivity index (χ0v) is 29.4. The molecule has 0 saturated heterocycles. The topological polar surface area (TPSA) is 55.4 Å². The van der Waals surface area contributed by atoms with Crippen LogP contribution in [0.1, 0.15) is 0 Å². The highest BCUT2D eigenvalue weighted by molar-refractivity contribution is 5.79. The predicted octanol–water partition coefficient (Wildman–Crippen LogP) is 11.2. The fourth-order valence-corrected chi connectivity index (χ4v) is 6.87. The summed E-state index contributed by atoms with van der Waals surface area (Å²) in [6.07, 6.45) is 7.29. The van der Waals surface area contributed by atoms with E-state index < -0.39 is 0 Å². The number of benzene rings is 4. The van der Waals surface area contributed by atoms with Crippen LogP contribution < -0.4 is 4.57 Å². The first-order valence-electron chi connectivity index (χ1n) is 17.9. The molecule has 0 radical (unpaired) electrons. The van der Waals surface area contributed by atoms with Crippen molar-refractivity contribution < 1.29 is 4.57 Å². The van der Waals surface area contributed by atoms with Crippen LogP contribution in [0.4, 0.5) is 0 Å². The predicted molar refractivity (Wildman–Crippen MR) is 217 cm³/mol. The third kappa shape index (κ3) is 6.70. The van der Waals surface area contributed by atoms with Gasteiger partial charge in [0.1, 0.15) is 0 Å². The van der Waals surface area contributed by atoms with Crippen molar-refractivity contribution in [1.29, 1.82) is 0 Å². The van der Waals surface area contributed by atoms with E-state index in [2.05, 4.69) is 165 Å². The first kappa shape index (κ1) is 32.5. The molecule has 0 bridgehead atoms. The van der Waals surface area contributed by atoms with Crippen molar-refractivity contribution in [3.63, 3.8) is 0 Å². The van der Waals surface area contributed by atoms with Crippen molar-refractivity contribution in [1.82, 2.24) is 19.9 Å².